The van der Waals surface area contributed by atoms with Crippen LogP contribution in [0.5, 0.6) is 0 Å². The van der Waals surface area contributed by atoms with E-state index in [1.54, 1.807) is 0 Å². The van der Waals surface area contributed by atoms with Gasteiger partial charge in [-0.05, 0) is 26.0 Å². The number of amides is 1. The molecular weight excluding hydrogens is 214 g/mol. The Hall–Kier alpha value is -1.39. The van der Waals surface area contributed by atoms with E-state index in [1.165, 1.54) is 0 Å². The van der Waals surface area contributed by atoms with Crippen molar-refractivity contribution in [2.45, 2.75) is 13.8 Å². The molecule has 1 rings (SSSR count). The van der Waals surface area contributed by atoms with E-state index < -0.39 is 0 Å². The van der Waals surface area contributed by atoms with Gasteiger partial charge in [-0.15, -0.1) is 0 Å². The third-order valence-electron chi connectivity index (χ3n) is 2.00. The molecule has 0 atom stereocenters. The van der Waals surface area contributed by atoms with Crippen molar-refractivity contribution in [3.05, 3.63) is 36.1 Å². The van der Waals surface area contributed by atoms with Gasteiger partial charge in [-0.1, -0.05) is 18.2 Å². The summed E-state index contributed by atoms with van der Waals surface area (Å²) in [5, 5.41) is 9.01. The fourth-order valence-corrected chi connectivity index (χ4v) is 1.20. The van der Waals surface area contributed by atoms with Gasteiger partial charge in [-0.25, -0.2) is 0 Å². The predicted molar refractivity (Wildman–Crippen MR) is 72.7 cm³/mol. The molecule has 0 bridgehead atoms. The van der Waals surface area contributed by atoms with E-state index in [0.29, 0.717) is 6.41 Å². The van der Waals surface area contributed by atoms with Crippen molar-refractivity contribution < 1.29 is 4.79 Å². The van der Waals surface area contributed by atoms with Crippen molar-refractivity contribution in [1.82, 2.24) is 16.0 Å². The van der Waals surface area contributed by atoms with Crippen LogP contribution in [0, 0.1) is 0 Å². The smallest absolute Gasteiger partial charge is 0.211 e. The molecule has 17 heavy (non-hydrogen) atoms. The van der Waals surface area contributed by atoms with E-state index in [-0.39, 0.29) is 0 Å². The second-order valence-corrected chi connectivity index (χ2v) is 3.41. The number of allylic oxidation sites excluding steroid dienone is 5. The molecule has 0 aromatic rings. The van der Waals surface area contributed by atoms with Crippen LogP contribution in [0.3, 0.4) is 0 Å². The average Bonchev–Trinajstić information content (AvgIpc) is 2.39. The van der Waals surface area contributed by atoms with Crippen LogP contribution < -0.4 is 16.0 Å². The van der Waals surface area contributed by atoms with Gasteiger partial charge < -0.3 is 16.0 Å². The van der Waals surface area contributed by atoms with Gasteiger partial charge >= 0.3 is 0 Å². The lowest BCUT2D eigenvalue weighted by Gasteiger charge is -2.11. The Bertz CT molecular complexity index is 254. The molecule has 4 heteroatoms. The largest absolute Gasteiger partial charge is 0.329 e. The van der Waals surface area contributed by atoms with E-state index in [2.05, 4.69) is 16.0 Å². The topological polar surface area (TPSA) is 53.2 Å². The first-order chi connectivity index (χ1) is 8.35. The van der Waals surface area contributed by atoms with Crippen molar-refractivity contribution in [1.29, 1.82) is 0 Å². The van der Waals surface area contributed by atoms with Crippen LogP contribution in [0.1, 0.15) is 13.8 Å². The van der Waals surface area contributed by atoms with Crippen molar-refractivity contribution in [2.24, 2.45) is 0 Å². The predicted octanol–water partition coefficient (Wildman–Crippen LogP) is 0.948. The summed E-state index contributed by atoms with van der Waals surface area (Å²) < 4.78 is 0. The monoisotopic (exact) mass is 237 g/mol. The van der Waals surface area contributed by atoms with Gasteiger partial charge in [0, 0.05) is 31.9 Å². The maximum Gasteiger partial charge on any atom is 0.211 e. The molecule has 0 saturated carbocycles. The first-order valence-corrected chi connectivity index (χ1v) is 5.92. The van der Waals surface area contributed by atoms with Crippen LogP contribution in [0.15, 0.2) is 36.1 Å². The zero-order valence-electron chi connectivity index (χ0n) is 10.7. The first kappa shape index (κ1) is 15.6. The Labute approximate surface area is 104 Å². The van der Waals surface area contributed by atoms with E-state index in [1.807, 2.05) is 44.2 Å². The van der Waals surface area contributed by atoms with E-state index in [4.69, 9.17) is 0 Å². The van der Waals surface area contributed by atoms with Crippen molar-refractivity contribution in [3.63, 3.8) is 0 Å². The second-order valence-electron chi connectivity index (χ2n) is 3.41. The van der Waals surface area contributed by atoms with Gasteiger partial charge in [0.15, 0.2) is 0 Å². The summed E-state index contributed by atoms with van der Waals surface area (Å²) >= 11 is 0. The maximum atomic E-state index is 10.0. The summed E-state index contributed by atoms with van der Waals surface area (Å²) in [6.07, 6.45) is 9.95. The first-order valence-electron chi connectivity index (χ1n) is 5.92. The number of nitrogens with one attached hydrogen (secondary N) is 3. The highest BCUT2D eigenvalue weighted by atomic mass is 16.1. The molecule has 0 unspecified atom stereocenters. The zero-order valence-corrected chi connectivity index (χ0v) is 10.7. The summed E-state index contributed by atoms with van der Waals surface area (Å²) in [4.78, 5) is 10.0. The van der Waals surface area contributed by atoms with Crippen LogP contribution in [0.2, 0.25) is 0 Å². The molecule has 3 N–H and O–H groups in total. The summed E-state index contributed by atoms with van der Waals surface area (Å²) in [5.41, 5.74) is 0.792. The third-order valence-corrected chi connectivity index (χ3v) is 2.00. The van der Waals surface area contributed by atoms with Crippen LogP contribution in [0.25, 0.3) is 0 Å². The van der Waals surface area contributed by atoms with Gasteiger partial charge in [-0.3, -0.25) is 4.79 Å². The molecule has 1 amide bonds. The molecule has 1 fully saturated rings. The average molecular weight is 237 g/mol. The van der Waals surface area contributed by atoms with Gasteiger partial charge in [0.05, 0.1) is 0 Å². The number of carbonyl (C=O) groups excluding carboxylic acids is 1. The maximum absolute atomic E-state index is 10.0. The molecule has 1 saturated heterocycles. The normalized spacial score (nSPS) is 16.7. The fraction of sp³-hybridized carbons (Fsp3) is 0.462. The minimum Gasteiger partial charge on any atom is -0.329 e. The van der Waals surface area contributed by atoms with Crippen molar-refractivity contribution in [3.8, 4) is 0 Å². The van der Waals surface area contributed by atoms with Crippen LogP contribution in [0.4, 0.5) is 0 Å². The Morgan fingerprint density at radius 2 is 1.65 bits per heavy atom. The molecule has 96 valence electrons. The van der Waals surface area contributed by atoms with Crippen molar-refractivity contribution in [2.75, 3.05) is 26.2 Å². The minimum absolute atomic E-state index is 0.662. The number of rotatable bonds is 4. The SMILES string of the molecule is C1CNCCN1.C\C=C/C=C(\C=C/C)NC=O. The molecule has 4 nitrogen and oxygen atoms in total. The summed E-state index contributed by atoms with van der Waals surface area (Å²) in [6.45, 7) is 8.38. The Kier molecular flexibility index (Phi) is 11.6. The van der Waals surface area contributed by atoms with Crippen LogP contribution in [-0.4, -0.2) is 32.6 Å². The molecule has 0 aromatic heterocycles. The molecular formula is C13H23N3O. The van der Waals surface area contributed by atoms with Crippen LogP contribution >= 0.6 is 0 Å². The highest BCUT2D eigenvalue weighted by Gasteiger charge is 1.91. The number of carbonyl (C=O) groups is 1. The Balaban J connectivity index is 0.000000354. The molecule has 0 spiro atoms. The lowest BCUT2D eigenvalue weighted by atomic mass is 10.3. The third kappa shape index (κ3) is 10.9. The van der Waals surface area contributed by atoms with E-state index in [0.717, 1.165) is 31.9 Å². The van der Waals surface area contributed by atoms with Crippen LogP contribution in [-0.2, 0) is 4.79 Å². The molecule has 1 heterocycles. The number of hydrogen-bond acceptors (Lipinski definition) is 3. The Morgan fingerprint density at radius 3 is 2.00 bits per heavy atom. The molecule has 0 radical (unpaired) electrons. The molecule has 0 aromatic carbocycles. The second kappa shape index (κ2) is 12.7. The van der Waals surface area contributed by atoms with E-state index in [9.17, 15) is 4.79 Å². The number of piperazine rings is 1. The summed E-state index contributed by atoms with van der Waals surface area (Å²) in [5.74, 6) is 0. The van der Waals surface area contributed by atoms with Gasteiger partial charge in [0.25, 0.3) is 0 Å². The highest BCUT2D eigenvalue weighted by molar-refractivity contribution is 5.52. The Morgan fingerprint density at radius 1 is 1.06 bits per heavy atom. The van der Waals surface area contributed by atoms with Crippen molar-refractivity contribution >= 4 is 6.41 Å². The lowest BCUT2D eigenvalue weighted by molar-refractivity contribution is -0.108. The summed E-state index contributed by atoms with van der Waals surface area (Å²) in [7, 11) is 0. The number of hydrogen-bond donors (Lipinski definition) is 3. The summed E-state index contributed by atoms with van der Waals surface area (Å²) in [6, 6.07) is 0. The zero-order chi connectivity index (χ0) is 12.8. The van der Waals surface area contributed by atoms with Gasteiger partial charge in [-0.2, -0.15) is 0 Å². The molecule has 1 aliphatic rings. The quantitative estimate of drug-likeness (QED) is 0.504. The van der Waals surface area contributed by atoms with Gasteiger partial charge in [0.2, 0.25) is 6.41 Å². The fourth-order valence-electron chi connectivity index (χ4n) is 1.20. The highest BCUT2D eigenvalue weighted by Crippen LogP contribution is 1.90. The molecule has 0 aliphatic carbocycles. The minimum atomic E-state index is 0.662. The molecule has 1 aliphatic heterocycles. The van der Waals surface area contributed by atoms with E-state index >= 15 is 0 Å². The lowest BCUT2D eigenvalue weighted by Crippen LogP contribution is -2.39. The van der Waals surface area contributed by atoms with Gasteiger partial charge in [0.1, 0.15) is 0 Å². The standard InChI is InChI=1S/C9H13NO.C4H10N2/c1-3-5-7-9(6-4-2)10-8-11;1-2-6-4-3-5-1/h3-8H,1-2H3,(H,10,11);5-6H,1-4H2/b5-3-,6-4-,9-7+;.